The molecule has 0 bridgehead atoms. The molecule has 0 aromatic heterocycles. The molecular weight excluding hydrogens is 682 g/mol. The Kier molecular flexibility index (Phi) is 12.3. The first-order chi connectivity index (χ1) is 25.0. The summed E-state index contributed by atoms with van der Waals surface area (Å²) in [5.41, 5.74) is 4.70. The van der Waals surface area contributed by atoms with Crippen molar-refractivity contribution in [2.24, 2.45) is 17.8 Å². The average Bonchev–Trinajstić information content (AvgIpc) is 3.44. The van der Waals surface area contributed by atoms with Crippen molar-refractivity contribution < 1.29 is 68.1 Å². The number of amides is 1. The summed E-state index contributed by atoms with van der Waals surface area (Å²) in [4.78, 5) is 60.7. The lowest BCUT2D eigenvalue weighted by atomic mass is 9.71. The molecule has 1 saturated heterocycles. The molecule has 0 saturated carbocycles. The predicted molar refractivity (Wildman–Crippen MR) is 179 cm³/mol. The fourth-order valence-corrected chi connectivity index (χ4v) is 6.94. The second-order valence-electron chi connectivity index (χ2n) is 12.4. The van der Waals surface area contributed by atoms with Crippen LogP contribution in [0.2, 0.25) is 0 Å². The van der Waals surface area contributed by atoms with Crippen LogP contribution < -0.4 is 14.8 Å². The molecule has 5 rings (SSSR count). The zero-order valence-corrected chi connectivity index (χ0v) is 28.1. The van der Waals surface area contributed by atoms with E-state index < -0.39 is 86.0 Å². The number of hydrogen-bond acceptors (Lipinski definition) is 11. The zero-order chi connectivity index (χ0) is 37.4. The van der Waals surface area contributed by atoms with Gasteiger partial charge in [0.05, 0.1) is 33.1 Å². The van der Waals surface area contributed by atoms with E-state index in [1.165, 1.54) is 18.2 Å². The Balaban J connectivity index is 1.24. The molecule has 15 nitrogen and oxygen atoms in total. The van der Waals surface area contributed by atoms with Gasteiger partial charge in [0.1, 0.15) is 24.7 Å². The molecule has 276 valence electrons. The topological polar surface area (TPSA) is 224 Å². The van der Waals surface area contributed by atoms with E-state index in [1.54, 1.807) is 0 Å². The van der Waals surface area contributed by atoms with Gasteiger partial charge in [-0.25, -0.2) is 9.59 Å². The first-order valence-electron chi connectivity index (χ1n) is 16.5. The van der Waals surface area contributed by atoms with Gasteiger partial charge in [-0.05, 0) is 40.3 Å². The summed E-state index contributed by atoms with van der Waals surface area (Å²) < 4.78 is 28.0. The van der Waals surface area contributed by atoms with Crippen LogP contribution in [0, 0.1) is 17.8 Å². The van der Waals surface area contributed by atoms with E-state index in [-0.39, 0.29) is 37.2 Å². The summed E-state index contributed by atoms with van der Waals surface area (Å²) in [6.45, 7) is -0.326. The minimum Gasteiger partial charge on any atom is -0.491 e. The summed E-state index contributed by atoms with van der Waals surface area (Å²) in [6.07, 6.45) is -5.75. The number of carbonyl (C=O) groups excluding carboxylic acids is 2. The minimum absolute atomic E-state index is 0.0295. The quantitative estimate of drug-likeness (QED) is 0.105. The van der Waals surface area contributed by atoms with Crippen molar-refractivity contribution >= 4 is 30.0 Å². The number of carbonyl (C=O) groups is 5. The highest BCUT2D eigenvalue weighted by atomic mass is 16.7. The van der Waals surface area contributed by atoms with Gasteiger partial charge in [0.15, 0.2) is 6.10 Å². The number of esters is 1. The Morgan fingerprint density at radius 2 is 1.38 bits per heavy atom. The van der Waals surface area contributed by atoms with Crippen LogP contribution in [0.3, 0.4) is 0 Å². The van der Waals surface area contributed by atoms with E-state index in [1.807, 2.05) is 48.5 Å². The second-order valence-corrected chi connectivity index (χ2v) is 12.4. The summed E-state index contributed by atoms with van der Waals surface area (Å²) in [7, 11) is 1.05. The monoisotopic (exact) mass is 721 g/mol. The van der Waals surface area contributed by atoms with Crippen molar-refractivity contribution in [2.75, 3.05) is 26.9 Å². The number of carboxylic acids is 3. The lowest BCUT2D eigenvalue weighted by Crippen LogP contribution is -2.54. The highest BCUT2D eigenvalue weighted by molar-refractivity contribution is 5.79. The lowest BCUT2D eigenvalue weighted by molar-refractivity contribution is -0.233. The molecular formula is C37H39NO14. The Morgan fingerprint density at radius 3 is 1.98 bits per heavy atom. The van der Waals surface area contributed by atoms with Gasteiger partial charge >= 0.3 is 30.0 Å². The van der Waals surface area contributed by atoms with Crippen molar-refractivity contribution in [1.29, 1.82) is 0 Å². The number of aliphatic hydroxyl groups is 1. The molecule has 1 fully saturated rings. The van der Waals surface area contributed by atoms with Crippen molar-refractivity contribution in [1.82, 2.24) is 5.32 Å². The molecule has 1 aliphatic carbocycles. The SMILES string of the molecule is COC(=O)[C@H]1O[C@@H](Oc2ccc(CO)c(OCCNC(=O)OCC3c4ccccc4-c4ccccc43)c2)[C@H](CC(=O)O)[C@@H](CC(=O)O)[C@@H]1CC(=O)O. The van der Waals surface area contributed by atoms with Crippen LogP contribution in [-0.4, -0.2) is 89.7 Å². The van der Waals surface area contributed by atoms with Gasteiger partial charge in [0.2, 0.25) is 6.29 Å². The minimum atomic E-state index is -1.57. The Morgan fingerprint density at radius 1 is 0.788 bits per heavy atom. The number of alkyl carbamates (subject to hydrolysis) is 1. The number of methoxy groups -OCH3 is 1. The number of benzene rings is 3. The van der Waals surface area contributed by atoms with Gasteiger partial charge in [-0.2, -0.15) is 0 Å². The molecule has 3 aromatic carbocycles. The molecule has 15 heteroatoms. The molecule has 1 heterocycles. The molecule has 0 spiro atoms. The zero-order valence-electron chi connectivity index (χ0n) is 28.1. The number of nitrogens with one attached hydrogen (secondary N) is 1. The number of fused-ring (bicyclic) bond motifs is 3. The fourth-order valence-electron chi connectivity index (χ4n) is 6.94. The number of carboxylic acid groups (broad SMARTS) is 3. The van der Waals surface area contributed by atoms with Gasteiger partial charge < -0.3 is 49.4 Å². The number of rotatable bonds is 16. The molecule has 5 atom stereocenters. The van der Waals surface area contributed by atoms with Crippen LogP contribution in [0.1, 0.15) is 41.9 Å². The molecule has 0 unspecified atom stereocenters. The maximum Gasteiger partial charge on any atom is 0.407 e. The van der Waals surface area contributed by atoms with E-state index in [4.69, 9.17) is 23.7 Å². The second kappa shape index (κ2) is 17.0. The third kappa shape index (κ3) is 8.79. The number of aliphatic carboxylic acids is 3. The van der Waals surface area contributed by atoms with Crippen LogP contribution >= 0.6 is 0 Å². The summed E-state index contributed by atoms with van der Waals surface area (Å²) in [5.74, 6) is -8.49. The van der Waals surface area contributed by atoms with E-state index in [0.29, 0.717) is 5.56 Å². The van der Waals surface area contributed by atoms with Gasteiger partial charge in [0.25, 0.3) is 0 Å². The largest absolute Gasteiger partial charge is 0.491 e. The van der Waals surface area contributed by atoms with E-state index in [9.17, 15) is 44.4 Å². The van der Waals surface area contributed by atoms with Gasteiger partial charge in [-0.15, -0.1) is 0 Å². The summed E-state index contributed by atoms with van der Waals surface area (Å²) in [6, 6.07) is 20.2. The molecule has 0 radical (unpaired) electrons. The first kappa shape index (κ1) is 37.6. The van der Waals surface area contributed by atoms with Gasteiger partial charge in [0, 0.05) is 35.8 Å². The predicted octanol–water partition coefficient (Wildman–Crippen LogP) is 3.65. The van der Waals surface area contributed by atoms with Crippen molar-refractivity contribution in [3.8, 4) is 22.6 Å². The maximum absolute atomic E-state index is 12.7. The van der Waals surface area contributed by atoms with Crippen molar-refractivity contribution in [3.05, 3.63) is 83.4 Å². The van der Waals surface area contributed by atoms with Crippen LogP contribution in [0.5, 0.6) is 11.5 Å². The normalized spacial score (nSPS) is 20.5. The standard InChI is InChI=1S/C37H39NO14/c1-48-35(46)34-27(16-32(42)43)26(15-31(40)41)28(17-33(44)45)36(52-34)51-21-11-10-20(18-39)30(14-21)49-13-12-38-37(47)50-19-29-24-8-4-2-6-22(24)23-7-3-5-9-25(23)29/h2-11,14,26-29,34,36,39H,12-13,15-19H2,1H3,(H,38,47)(H,40,41)(H,42,43)(H,44,45)/t26-,27-,28+,34-,36+/m0/s1. The van der Waals surface area contributed by atoms with E-state index in [2.05, 4.69) is 5.32 Å². The molecule has 3 aromatic rings. The third-order valence-corrected chi connectivity index (χ3v) is 9.22. The van der Waals surface area contributed by atoms with Crippen molar-refractivity contribution in [2.45, 2.75) is 44.2 Å². The number of ether oxygens (including phenoxy) is 5. The summed E-state index contributed by atoms with van der Waals surface area (Å²) >= 11 is 0. The molecule has 1 aliphatic heterocycles. The highest BCUT2D eigenvalue weighted by Gasteiger charge is 2.51. The molecule has 2 aliphatic rings. The molecule has 1 amide bonds. The van der Waals surface area contributed by atoms with Crippen molar-refractivity contribution in [3.63, 3.8) is 0 Å². The molecule has 52 heavy (non-hydrogen) atoms. The Labute approximate surface area is 298 Å². The van der Waals surface area contributed by atoms with Crippen LogP contribution in [0.25, 0.3) is 11.1 Å². The third-order valence-electron chi connectivity index (χ3n) is 9.22. The van der Waals surface area contributed by atoms with Crippen LogP contribution in [0.4, 0.5) is 4.79 Å². The molecule has 5 N–H and O–H groups in total. The average molecular weight is 722 g/mol. The highest BCUT2D eigenvalue weighted by Crippen LogP contribution is 2.45. The number of aliphatic hydroxyl groups excluding tert-OH is 1. The van der Waals surface area contributed by atoms with Crippen LogP contribution in [-0.2, 0) is 40.0 Å². The first-order valence-corrected chi connectivity index (χ1v) is 16.5. The number of hydrogen-bond donors (Lipinski definition) is 5. The fraction of sp³-hybridized carbons (Fsp3) is 0.378. The van der Waals surface area contributed by atoms with Gasteiger partial charge in [-0.1, -0.05) is 48.5 Å². The summed E-state index contributed by atoms with van der Waals surface area (Å²) in [5, 5.41) is 41.4. The lowest BCUT2D eigenvalue weighted by Gasteiger charge is -2.44. The van der Waals surface area contributed by atoms with Gasteiger partial charge in [-0.3, -0.25) is 14.4 Å². The Hall–Kier alpha value is -5.67. The van der Waals surface area contributed by atoms with Crippen LogP contribution in [0.15, 0.2) is 66.7 Å². The maximum atomic E-state index is 12.7. The Bertz CT molecular complexity index is 1750. The van der Waals surface area contributed by atoms with E-state index in [0.717, 1.165) is 29.4 Å². The van der Waals surface area contributed by atoms with E-state index >= 15 is 0 Å². The smallest absolute Gasteiger partial charge is 0.407 e.